The van der Waals surface area contributed by atoms with E-state index in [1.807, 2.05) is 31.2 Å². The number of hydrogen-bond acceptors (Lipinski definition) is 1. The summed E-state index contributed by atoms with van der Waals surface area (Å²) in [6, 6.07) is 9.45. The lowest BCUT2D eigenvalue weighted by atomic mass is 9.99. The van der Waals surface area contributed by atoms with Crippen LogP contribution in [-0.2, 0) is 4.79 Å². The van der Waals surface area contributed by atoms with Crippen molar-refractivity contribution < 1.29 is 4.79 Å². The maximum absolute atomic E-state index is 10.7. The van der Waals surface area contributed by atoms with Gasteiger partial charge >= 0.3 is 0 Å². The van der Waals surface area contributed by atoms with Crippen molar-refractivity contribution in [1.82, 2.24) is 0 Å². The van der Waals surface area contributed by atoms with Gasteiger partial charge in [-0.2, -0.15) is 0 Å². The van der Waals surface area contributed by atoms with Crippen LogP contribution in [0.3, 0.4) is 0 Å². The van der Waals surface area contributed by atoms with Crippen LogP contribution >= 0.6 is 23.2 Å². The van der Waals surface area contributed by atoms with Crippen molar-refractivity contribution in [2.45, 2.75) is 12.8 Å². The highest BCUT2D eigenvalue weighted by atomic mass is 35.5. The average molecular weight is 253 g/mol. The molecule has 0 heterocycles. The van der Waals surface area contributed by atoms with E-state index >= 15 is 0 Å². The van der Waals surface area contributed by atoms with Crippen LogP contribution in [0, 0.1) is 0 Å². The molecule has 0 aliphatic carbocycles. The summed E-state index contributed by atoms with van der Waals surface area (Å²) in [7, 11) is 0. The summed E-state index contributed by atoms with van der Waals surface area (Å²) in [5.74, 6) is -0.0983. The molecule has 1 unspecified atom stereocenters. The van der Waals surface area contributed by atoms with Crippen molar-refractivity contribution in [1.29, 1.82) is 0 Å². The maximum Gasteiger partial charge on any atom is 0.127 e. The van der Waals surface area contributed by atoms with Gasteiger partial charge in [0.05, 0.1) is 10.0 Å². The first-order chi connectivity index (χ1) is 7.63. The third kappa shape index (κ3) is 1.93. The van der Waals surface area contributed by atoms with E-state index in [4.69, 9.17) is 23.2 Å². The van der Waals surface area contributed by atoms with Crippen LogP contribution in [-0.4, -0.2) is 6.29 Å². The van der Waals surface area contributed by atoms with E-state index in [-0.39, 0.29) is 5.92 Å². The van der Waals surface area contributed by atoms with Crippen LogP contribution in [0.15, 0.2) is 30.3 Å². The number of halogens is 2. The number of rotatable bonds is 2. The molecular formula is C13H10Cl2O. The Kier molecular flexibility index (Phi) is 3.17. The number of carbonyl (C=O) groups is 1. The van der Waals surface area contributed by atoms with Gasteiger partial charge in [-0.25, -0.2) is 0 Å². The molecule has 0 aliphatic rings. The molecule has 3 heteroatoms. The van der Waals surface area contributed by atoms with Crippen molar-refractivity contribution >= 4 is 40.3 Å². The first-order valence-electron chi connectivity index (χ1n) is 4.96. The van der Waals surface area contributed by atoms with Crippen molar-refractivity contribution in [3.8, 4) is 0 Å². The summed E-state index contributed by atoms with van der Waals surface area (Å²) in [5.41, 5.74) is 0.987. The topological polar surface area (TPSA) is 17.1 Å². The minimum Gasteiger partial charge on any atom is -0.303 e. The van der Waals surface area contributed by atoms with Crippen LogP contribution in [0.2, 0.25) is 10.0 Å². The Morgan fingerprint density at radius 1 is 1.19 bits per heavy atom. The molecule has 0 saturated heterocycles. The smallest absolute Gasteiger partial charge is 0.127 e. The van der Waals surface area contributed by atoms with Crippen LogP contribution in [0.25, 0.3) is 10.8 Å². The molecule has 2 aromatic carbocycles. The summed E-state index contributed by atoms with van der Waals surface area (Å²) in [5, 5.41) is 3.02. The van der Waals surface area contributed by atoms with Gasteiger partial charge in [0.1, 0.15) is 6.29 Å². The maximum atomic E-state index is 10.7. The molecule has 0 aliphatic heterocycles. The molecule has 2 aromatic rings. The van der Waals surface area contributed by atoms with Crippen molar-refractivity contribution in [3.63, 3.8) is 0 Å². The second kappa shape index (κ2) is 4.44. The molecule has 0 saturated carbocycles. The van der Waals surface area contributed by atoms with Crippen molar-refractivity contribution in [2.24, 2.45) is 0 Å². The summed E-state index contributed by atoms with van der Waals surface area (Å²) in [6.45, 7) is 1.87. The molecule has 0 spiro atoms. The molecule has 16 heavy (non-hydrogen) atoms. The zero-order valence-electron chi connectivity index (χ0n) is 8.71. The van der Waals surface area contributed by atoms with E-state index in [1.54, 1.807) is 6.07 Å². The molecule has 1 nitrogen and oxygen atoms in total. The fraction of sp³-hybridized carbons (Fsp3) is 0.154. The monoisotopic (exact) mass is 252 g/mol. The molecule has 0 amide bonds. The number of fused-ring (bicyclic) bond motifs is 1. The minimum absolute atomic E-state index is 0.0983. The number of benzene rings is 2. The van der Waals surface area contributed by atoms with Gasteiger partial charge < -0.3 is 4.79 Å². The molecule has 0 bridgehead atoms. The summed E-state index contributed by atoms with van der Waals surface area (Å²) in [6.07, 6.45) is 0.929. The summed E-state index contributed by atoms with van der Waals surface area (Å²) < 4.78 is 0. The third-order valence-corrected chi connectivity index (χ3v) is 3.48. The third-order valence-electron chi connectivity index (χ3n) is 2.66. The van der Waals surface area contributed by atoms with Gasteiger partial charge in [0, 0.05) is 11.3 Å². The van der Waals surface area contributed by atoms with E-state index in [0.717, 1.165) is 22.6 Å². The first kappa shape index (κ1) is 11.4. The number of hydrogen-bond donors (Lipinski definition) is 0. The Hall–Kier alpha value is -1.05. The van der Waals surface area contributed by atoms with Gasteiger partial charge in [0.15, 0.2) is 0 Å². The molecule has 0 radical (unpaired) electrons. The highest BCUT2D eigenvalue weighted by Gasteiger charge is 2.07. The molecule has 0 fully saturated rings. The second-order valence-corrected chi connectivity index (χ2v) is 4.55. The predicted octanol–water partition coefficient (Wildman–Crippen LogP) is 4.45. The number of carbonyl (C=O) groups excluding carboxylic acids is 1. The lowest BCUT2D eigenvalue weighted by molar-refractivity contribution is -0.108. The first-order valence-corrected chi connectivity index (χ1v) is 5.72. The van der Waals surface area contributed by atoms with Gasteiger partial charge in [0.2, 0.25) is 0 Å². The Labute approximate surface area is 104 Å². The second-order valence-electron chi connectivity index (χ2n) is 3.77. The van der Waals surface area contributed by atoms with Gasteiger partial charge in [-0.1, -0.05) is 54.4 Å². The van der Waals surface area contributed by atoms with E-state index in [9.17, 15) is 4.79 Å². The standard InChI is InChI=1S/C13H10Cl2O/c1-8(7-16)9-2-4-11-10(6-9)3-5-12(14)13(11)15/h2-8H,1H3. The van der Waals surface area contributed by atoms with Crippen LogP contribution < -0.4 is 0 Å². The SMILES string of the molecule is CC(C=O)c1ccc2c(Cl)c(Cl)ccc2c1. The minimum atomic E-state index is -0.0983. The lowest BCUT2D eigenvalue weighted by Crippen LogP contribution is -1.93. The largest absolute Gasteiger partial charge is 0.303 e. The fourth-order valence-corrected chi connectivity index (χ4v) is 2.05. The quantitative estimate of drug-likeness (QED) is 0.722. The van der Waals surface area contributed by atoms with Crippen LogP contribution in [0.4, 0.5) is 0 Å². The Bertz CT molecular complexity index is 549. The lowest BCUT2D eigenvalue weighted by Gasteiger charge is -2.07. The fourth-order valence-electron chi connectivity index (χ4n) is 1.65. The number of aldehydes is 1. The van der Waals surface area contributed by atoms with E-state index in [1.165, 1.54) is 0 Å². The van der Waals surface area contributed by atoms with Gasteiger partial charge in [-0.3, -0.25) is 0 Å². The van der Waals surface area contributed by atoms with Crippen LogP contribution in [0.1, 0.15) is 18.4 Å². The van der Waals surface area contributed by atoms with Crippen LogP contribution in [0.5, 0.6) is 0 Å². The van der Waals surface area contributed by atoms with Gasteiger partial charge in [0.25, 0.3) is 0 Å². The highest BCUT2D eigenvalue weighted by molar-refractivity contribution is 6.45. The predicted molar refractivity (Wildman–Crippen MR) is 68.4 cm³/mol. The zero-order valence-corrected chi connectivity index (χ0v) is 10.2. The Balaban J connectivity index is 2.64. The molecular weight excluding hydrogens is 243 g/mol. The Morgan fingerprint density at radius 2 is 1.94 bits per heavy atom. The van der Waals surface area contributed by atoms with E-state index < -0.39 is 0 Å². The van der Waals surface area contributed by atoms with Gasteiger partial charge in [-0.05, 0) is 17.0 Å². The molecule has 0 aromatic heterocycles. The van der Waals surface area contributed by atoms with E-state index in [2.05, 4.69) is 0 Å². The van der Waals surface area contributed by atoms with Crippen molar-refractivity contribution in [3.05, 3.63) is 45.9 Å². The normalized spacial score (nSPS) is 12.7. The molecule has 0 N–H and O–H groups in total. The average Bonchev–Trinajstić information content (AvgIpc) is 2.32. The zero-order chi connectivity index (χ0) is 11.7. The van der Waals surface area contributed by atoms with E-state index in [0.29, 0.717) is 10.0 Å². The summed E-state index contributed by atoms with van der Waals surface area (Å²) in [4.78, 5) is 10.7. The Morgan fingerprint density at radius 3 is 2.62 bits per heavy atom. The highest BCUT2D eigenvalue weighted by Crippen LogP contribution is 2.32. The molecule has 82 valence electrons. The molecule has 1 atom stereocenters. The summed E-state index contributed by atoms with van der Waals surface area (Å²) >= 11 is 12.0. The molecule has 2 rings (SSSR count). The van der Waals surface area contributed by atoms with Gasteiger partial charge in [-0.15, -0.1) is 0 Å². The van der Waals surface area contributed by atoms with Crippen molar-refractivity contribution in [2.75, 3.05) is 0 Å².